The van der Waals surface area contributed by atoms with E-state index in [0.717, 1.165) is 21.2 Å². The van der Waals surface area contributed by atoms with Gasteiger partial charge in [0.15, 0.2) is 0 Å². The lowest BCUT2D eigenvalue weighted by molar-refractivity contribution is -0.113. The topological polar surface area (TPSA) is 75.7 Å². The van der Waals surface area contributed by atoms with E-state index in [2.05, 4.69) is 17.4 Å². The summed E-state index contributed by atoms with van der Waals surface area (Å²) >= 11 is 1.45. The van der Waals surface area contributed by atoms with Crippen LogP contribution in [-0.4, -0.2) is 50.7 Å². The number of carbonyl (C=O) groups excluding carboxylic acids is 1. The molecule has 1 amide bonds. The first-order valence-electron chi connectivity index (χ1n) is 10.0. The Balaban J connectivity index is 1.44. The number of thioether (sulfide) groups is 1. The second-order valence-corrected chi connectivity index (χ2v) is 10.3. The van der Waals surface area contributed by atoms with Crippen molar-refractivity contribution in [1.29, 1.82) is 0 Å². The van der Waals surface area contributed by atoms with Crippen LogP contribution in [0.5, 0.6) is 0 Å². The third kappa shape index (κ3) is 5.10. The molecule has 6 nitrogen and oxygen atoms in total. The van der Waals surface area contributed by atoms with Gasteiger partial charge >= 0.3 is 0 Å². The van der Waals surface area contributed by atoms with E-state index < -0.39 is 10.0 Å². The van der Waals surface area contributed by atoms with Crippen LogP contribution in [-0.2, 0) is 19.6 Å². The minimum Gasteiger partial charge on any atom is -0.379 e. The molecule has 1 heterocycles. The molecule has 1 N–H and O–H groups in total. The molecule has 4 rings (SSSR count). The van der Waals surface area contributed by atoms with Gasteiger partial charge in [-0.3, -0.25) is 4.79 Å². The highest BCUT2D eigenvalue weighted by Crippen LogP contribution is 2.26. The van der Waals surface area contributed by atoms with Gasteiger partial charge in [-0.15, -0.1) is 11.8 Å². The maximum atomic E-state index is 12.9. The van der Waals surface area contributed by atoms with Crippen LogP contribution in [0.4, 0.5) is 5.69 Å². The summed E-state index contributed by atoms with van der Waals surface area (Å²) in [4.78, 5) is 13.7. The molecule has 3 aromatic rings. The molecule has 0 saturated carbocycles. The molecule has 0 aliphatic carbocycles. The number of sulfonamides is 1. The van der Waals surface area contributed by atoms with Crippen LogP contribution in [0.2, 0.25) is 0 Å². The molecule has 1 saturated heterocycles. The van der Waals surface area contributed by atoms with Crippen LogP contribution in [0.25, 0.3) is 10.8 Å². The highest BCUT2D eigenvalue weighted by molar-refractivity contribution is 8.00. The van der Waals surface area contributed by atoms with Gasteiger partial charge in [-0.1, -0.05) is 36.4 Å². The number of ether oxygens (including phenoxy) is 1. The molecule has 0 aromatic heterocycles. The highest BCUT2D eigenvalue weighted by atomic mass is 32.2. The van der Waals surface area contributed by atoms with Gasteiger partial charge in [-0.25, -0.2) is 8.42 Å². The van der Waals surface area contributed by atoms with Crippen molar-refractivity contribution in [2.75, 3.05) is 37.4 Å². The van der Waals surface area contributed by atoms with Gasteiger partial charge in [0, 0.05) is 23.7 Å². The van der Waals surface area contributed by atoms with Crippen molar-refractivity contribution in [2.24, 2.45) is 0 Å². The Labute approximate surface area is 186 Å². The maximum absolute atomic E-state index is 12.9. The van der Waals surface area contributed by atoms with Crippen molar-refractivity contribution >= 4 is 44.2 Å². The minimum absolute atomic E-state index is 0.178. The van der Waals surface area contributed by atoms with Crippen LogP contribution in [0.1, 0.15) is 5.56 Å². The fourth-order valence-electron chi connectivity index (χ4n) is 3.42. The van der Waals surface area contributed by atoms with Gasteiger partial charge in [0.1, 0.15) is 0 Å². The van der Waals surface area contributed by atoms with E-state index in [1.165, 1.54) is 16.1 Å². The average molecular weight is 457 g/mol. The molecule has 0 spiro atoms. The molecule has 0 unspecified atom stereocenters. The summed E-state index contributed by atoms with van der Waals surface area (Å²) in [7, 11) is -3.62. The Morgan fingerprint density at radius 2 is 1.77 bits per heavy atom. The molecule has 0 atom stereocenters. The number of amides is 1. The summed E-state index contributed by atoms with van der Waals surface area (Å²) < 4.78 is 32.5. The second kappa shape index (κ2) is 9.40. The largest absolute Gasteiger partial charge is 0.379 e. The third-order valence-electron chi connectivity index (χ3n) is 5.18. The lowest BCUT2D eigenvalue weighted by Gasteiger charge is -2.26. The molecule has 8 heteroatoms. The second-order valence-electron chi connectivity index (χ2n) is 7.34. The Morgan fingerprint density at radius 3 is 2.55 bits per heavy atom. The van der Waals surface area contributed by atoms with Crippen molar-refractivity contribution in [3.05, 3.63) is 66.2 Å². The fourth-order valence-corrected chi connectivity index (χ4v) is 5.60. The van der Waals surface area contributed by atoms with E-state index >= 15 is 0 Å². The molecule has 1 aliphatic rings. The summed E-state index contributed by atoms with van der Waals surface area (Å²) in [6, 6.07) is 19.0. The number of carbonyl (C=O) groups is 1. The summed E-state index contributed by atoms with van der Waals surface area (Å²) in [5.74, 6) is 0.0558. The minimum atomic E-state index is -3.62. The summed E-state index contributed by atoms with van der Waals surface area (Å²) in [6.07, 6.45) is 0. The zero-order valence-corrected chi connectivity index (χ0v) is 18.8. The van der Waals surface area contributed by atoms with Gasteiger partial charge in [-0.05, 0) is 47.5 Å². The van der Waals surface area contributed by atoms with Crippen LogP contribution in [0.15, 0.2) is 70.5 Å². The zero-order valence-electron chi connectivity index (χ0n) is 17.2. The molecule has 162 valence electrons. The lowest BCUT2D eigenvalue weighted by Crippen LogP contribution is -2.40. The summed E-state index contributed by atoms with van der Waals surface area (Å²) in [6.45, 7) is 3.29. The SMILES string of the molecule is Cc1ccc(S(=O)(=O)N2CCOCC2)cc1NC(=O)CSc1ccc2ccccc2c1. The van der Waals surface area contributed by atoms with Crippen molar-refractivity contribution < 1.29 is 17.9 Å². The maximum Gasteiger partial charge on any atom is 0.243 e. The van der Waals surface area contributed by atoms with Gasteiger partial charge in [0.05, 0.1) is 23.9 Å². The van der Waals surface area contributed by atoms with E-state index in [1.54, 1.807) is 18.2 Å². The van der Waals surface area contributed by atoms with E-state index in [0.29, 0.717) is 32.0 Å². The van der Waals surface area contributed by atoms with Crippen LogP contribution >= 0.6 is 11.8 Å². The normalized spacial score (nSPS) is 15.1. The van der Waals surface area contributed by atoms with Crippen molar-refractivity contribution in [1.82, 2.24) is 4.31 Å². The van der Waals surface area contributed by atoms with Crippen molar-refractivity contribution in [3.8, 4) is 0 Å². The number of fused-ring (bicyclic) bond motifs is 1. The predicted octanol–water partition coefficient (Wildman–Crippen LogP) is 3.90. The van der Waals surface area contributed by atoms with Gasteiger partial charge in [-0.2, -0.15) is 4.31 Å². The Bertz CT molecular complexity index is 1210. The number of rotatable bonds is 6. The number of anilines is 1. The third-order valence-corrected chi connectivity index (χ3v) is 8.07. The lowest BCUT2D eigenvalue weighted by atomic mass is 10.1. The number of morpholine rings is 1. The number of aryl methyl sites for hydroxylation is 1. The molecule has 0 bridgehead atoms. The Hall–Kier alpha value is -2.39. The Morgan fingerprint density at radius 1 is 1.03 bits per heavy atom. The number of nitrogens with zero attached hydrogens (tertiary/aromatic N) is 1. The highest BCUT2D eigenvalue weighted by Gasteiger charge is 2.26. The molecule has 1 aliphatic heterocycles. The standard InChI is InChI=1S/C23H24N2O4S2/c1-17-6-9-21(31(27,28)25-10-12-29-13-11-25)15-22(17)24-23(26)16-30-20-8-7-18-4-2-3-5-19(18)14-20/h2-9,14-15H,10-13,16H2,1H3,(H,24,26). The predicted molar refractivity (Wildman–Crippen MR) is 124 cm³/mol. The smallest absolute Gasteiger partial charge is 0.243 e. The van der Waals surface area contributed by atoms with Gasteiger partial charge in [0.2, 0.25) is 15.9 Å². The molecular weight excluding hydrogens is 432 g/mol. The molecule has 31 heavy (non-hydrogen) atoms. The average Bonchev–Trinajstić information content (AvgIpc) is 2.79. The van der Waals surface area contributed by atoms with Crippen LogP contribution in [0.3, 0.4) is 0 Å². The monoisotopic (exact) mass is 456 g/mol. The zero-order chi connectivity index (χ0) is 21.8. The fraction of sp³-hybridized carbons (Fsp3) is 0.261. The molecular formula is C23H24N2O4S2. The Kier molecular flexibility index (Phi) is 6.62. The first-order valence-corrected chi connectivity index (χ1v) is 12.5. The summed E-state index contributed by atoms with van der Waals surface area (Å²) in [5, 5.41) is 5.15. The number of hydrogen-bond donors (Lipinski definition) is 1. The van der Waals surface area contributed by atoms with E-state index in [-0.39, 0.29) is 16.6 Å². The van der Waals surface area contributed by atoms with E-state index in [1.807, 2.05) is 37.3 Å². The quantitative estimate of drug-likeness (QED) is 0.570. The van der Waals surface area contributed by atoms with Gasteiger partial charge in [0.25, 0.3) is 0 Å². The number of hydrogen-bond acceptors (Lipinski definition) is 5. The number of nitrogens with one attached hydrogen (secondary N) is 1. The van der Waals surface area contributed by atoms with Crippen molar-refractivity contribution in [3.63, 3.8) is 0 Å². The van der Waals surface area contributed by atoms with Crippen LogP contribution < -0.4 is 5.32 Å². The first-order chi connectivity index (χ1) is 14.9. The van der Waals surface area contributed by atoms with Gasteiger partial charge < -0.3 is 10.1 Å². The first kappa shape index (κ1) is 21.8. The molecule has 1 fully saturated rings. The van der Waals surface area contributed by atoms with Crippen LogP contribution in [0, 0.1) is 6.92 Å². The molecule has 0 radical (unpaired) electrons. The number of benzene rings is 3. The van der Waals surface area contributed by atoms with E-state index in [4.69, 9.17) is 4.74 Å². The molecule has 3 aromatic carbocycles. The summed E-state index contributed by atoms with van der Waals surface area (Å²) in [5.41, 5.74) is 1.32. The van der Waals surface area contributed by atoms with E-state index in [9.17, 15) is 13.2 Å². The van der Waals surface area contributed by atoms with Crippen molar-refractivity contribution in [2.45, 2.75) is 16.7 Å².